The third-order valence-corrected chi connectivity index (χ3v) is 4.29. The highest BCUT2D eigenvalue weighted by atomic mass is 19.1. The van der Waals surface area contributed by atoms with E-state index in [1.54, 1.807) is 6.07 Å². The molecule has 0 aromatic heterocycles. The van der Waals surface area contributed by atoms with Gasteiger partial charge in [-0.25, -0.2) is 9.29 Å². The Morgan fingerprint density at radius 3 is 2.45 bits per heavy atom. The molecule has 0 bridgehead atoms. The summed E-state index contributed by atoms with van der Waals surface area (Å²) >= 11 is 0. The Morgan fingerprint density at radius 1 is 1.30 bits per heavy atom. The second-order valence-corrected chi connectivity index (χ2v) is 5.14. The lowest BCUT2D eigenvalue weighted by Gasteiger charge is -2.24. The number of rotatable bonds is 4. The molecule has 20 heavy (non-hydrogen) atoms. The second kappa shape index (κ2) is 5.32. The predicted octanol–water partition coefficient (Wildman–Crippen LogP) is 2.35. The summed E-state index contributed by atoms with van der Waals surface area (Å²) in [7, 11) is 0. The van der Waals surface area contributed by atoms with Crippen molar-refractivity contribution < 1.29 is 14.0 Å². The first-order valence-corrected chi connectivity index (χ1v) is 6.85. The molecule has 5 heteroatoms. The molecule has 4 nitrogen and oxygen atoms in total. The smallest absolute Gasteiger partial charge is 0.240 e. The Morgan fingerprint density at radius 2 is 1.95 bits per heavy atom. The Labute approximate surface area is 117 Å². The number of benzene rings is 1. The van der Waals surface area contributed by atoms with Crippen molar-refractivity contribution in [2.45, 2.75) is 39.7 Å². The molecule has 0 aliphatic carbocycles. The average Bonchev–Trinajstić information content (AvgIpc) is 2.70. The predicted molar refractivity (Wildman–Crippen MR) is 74.4 cm³/mol. The maximum atomic E-state index is 13.8. The van der Waals surface area contributed by atoms with Crippen molar-refractivity contribution in [1.82, 2.24) is 0 Å². The Kier molecular flexibility index (Phi) is 3.90. The first kappa shape index (κ1) is 14.7. The number of hydrogen-bond donors (Lipinski definition) is 1. The van der Waals surface area contributed by atoms with Gasteiger partial charge in [0, 0.05) is 18.5 Å². The standard InChI is InChI=1S/C15H19FN2O2/c1-3-15(4-2)8-13(19)18(14(15)20)12-7-5-6-11(16)10(12)9-17/h5-7H,3-4,8-9,17H2,1-2H3. The van der Waals surface area contributed by atoms with Crippen LogP contribution in [0.1, 0.15) is 38.7 Å². The molecule has 0 saturated carbocycles. The number of hydrogen-bond acceptors (Lipinski definition) is 3. The fourth-order valence-corrected chi connectivity index (χ4v) is 2.80. The number of nitrogens with zero attached hydrogens (tertiary/aromatic N) is 1. The molecule has 2 N–H and O–H groups in total. The molecule has 2 rings (SSSR count). The number of nitrogens with two attached hydrogens (primary N) is 1. The lowest BCUT2D eigenvalue weighted by Crippen LogP contribution is -2.36. The quantitative estimate of drug-likeness (QED) is 0.860. The van der Waals surface area contributed by atoms with Gasteiger partial charge in [0.2, 0.25) is 11.8 Å². The molecule has 1 aromatic carbocycles. The number of halogens is 1. The van der Waals surface area contributed by atoms with Crippen LogP contribution in [0.5, 0.6) is 0 Å². The first-order valence-electron chi connectivity index (χ1n) is 6.85. The van der Waals surface area contributed by atoms with E-state index in [1.807, 2.05) is 13.8 Å². The highest BCUT2D eigenvalue weighted by molar-refractivity contribution is 6.22. The van der Waals surface area contributed by atoms with Crippen molar-refractivity contribution in [1.29, 1.82) is 0 Å². The van der Waals surface area contributed by atoms with Crippen LogP contribution in [-0.2, 0) is 16.1 Å². The van der Waals surface area contributed by atoms with Gasteiger partial charge in [-0.1, -0.05) is 19.9 Å². The second-order valence-electron chi connectivity index (χ2n) is 5.14. The molecule has 0 unspecified atom stereocenters. The summed E-state index contributed by atoms with van der Waals surface area (Å²) < 4.78 is 13.8. The van der Waals surface area contributed by atoms with Gasteiger partial charge in [0.05, 0.1) is 11.1 Å². The zero-order valence-corrected chi connectivity index (χ0v) is 11.8. The van der Waals surface area contributed by atoms with Crippen LogP contribution in [-0.4, -0.2) is 11.8 Å². The molecule has 108 valence electrons. The molecule has 1 aliphatic rings. The van der Waals surface area contributed by atoms with E-state index >= 15 is 0 Å². The van der Waals surface area contributed by atoms with Gasteiger partial charge in [-0.05, 0) is 25.0 Å². The van der Waals surface area contributed by atoms with Gasteiger partial charge in [-0.15, -0.1) is 0 Å². The van der Waals surface area contributed by atoms with E-state index in [9.17, 15) is 14.0 Å². The molecule has 0 spiro atoms. The largest absolute Gasteiger partial charge is 0.326 e. The van der Waals surface area contributed by atoms with Gasteiger partial charge in [0.1, 0.15) is 5.82 Å². The van der Waals surface area contributed by atoms with Crippen LogP contribution >= 0.6 is 0 Å². The Hall–Kier alpha value is -1.75. The van der Waals surface area contributed by atoms with Crippen LogP contribution in [0.3, 0.4) is 0 Å². The van der Waals surface area contributed by atoms with E-state index in [0.29, 0.717) is 12.8 Å². The van der Waals surface area contributed by atoms with Crippen molar-refractivity contribution in [3.05, 3.63) is 29.6 Å². The van der Waals surface area contributed by atoms with Gasteiger partial charge in [-0.3, -0.25) is 9.59 Å². The third kappa shape index (κ3) is 2.02. The van der Waals surface area contributed by atoms with Crippen molar-refractivity contribution in [3.8, 4) is 0 Å². The van der Waals surface area contributed by atoms with Crippen LogP contribution in [0.25, 0.3) is 0 Å². The normalized spacial score (nSPS) is 17.9. The summed E-state index contributed by atoms with van der Waals surface area (Å²) in [6, 6.07) is 4.34. The van der Waals surface area contributed by atoms with Crippen LogP contribution in [0.2, 0.25) is 0 Å². The number of carbonyl (C=O) groups is 2. The molecule has 0 radical (unpaired) electrons. The summed E-state index contributed by atoms with van der Waals surface area (Å²) in [5.41, 5.74) is 5.39. The molecule has 1 aromatic rings. The van der Waals surface area contributed by atoms with Crippen molar-refractivity contribution in [2.75, 3.05) is 4.90 Å². The molecular formula is C15H19FN2O2. The van der Waals surface area contributed by atoms with Gasteiger partial charge in [0.15, 0.2) is 0 Å². The molecular weight excluding hydrogens is 259 g/mol. The Balaban J connectivity index is 2.52. The minimum Gasteiger partial charge on any atom is -0.326 e. The van der Waals surface area contributed by atoms with Crippen molar-refractivity contribution >= 4 is 17.5 Å². The summed E-state index contributed by atoms with van der Waals surface area (Å²) in [5, 5.41) is 0. The maximum Gasteiger partial charge on any atom is 0.240 e. The van der Waals surface area contributed by atoms with Gasteiger partial charge in [0.25, 0.3) is 0 Å². The van der Waals surface area contributed by atoms with E-state index < -0.39 is 11.2 Å². The fraction of sp³-hybridized carbons (Fsp3) is 0.467. The molecule has 1 saturated heterocycles. The van der Waals surface area contributed by atoms with E-state index in [1.165, 1.54) is 12.1 Å². The molecule has 1 fully saturated rings. The van der Waals surface area contributed by atoms with Crippen LogP contribution in [0.4, 0.5) is 10.1 Å². The summed E-state index contributed by atoms with van der Waals surface area (Å²) in [6.45, 7) is 3.74. The van der Waals surface area contributed by atoms with Gasteiger partial charge in [-0.2, -0.15) is 0 Å². The van der Waals surface area contributed by atoms with E-state index in [2.05, 4.69) is 0 Å². The third-order valence-electron chi connectivity index (χ3n) is 4.29. The van der Waals surface area contributed by atoms with E-state index in [4.69, 9.17) is 5.73 Å². The molecule has 1 aliphatic heterocycles. The number of anilines is 1. The highest BCUT2D eigenvalue weighted by Gasteiger charge is 2.50. The fourth-order valence-electron chi connectivity index (χ4n) is 2.80. The number of amides is 2. The van der Waals surface area contributed by atoms with Crippen molar-refractivity contribution in [2.24, 2.45) is 11.1 Å². The maximum absolute atomic E-state index is 13.8. The zero-order valence-electron chi connectivity index (χ0n) is 11.8. The molecule has 1 heterocycles. The molecule has 2 amide bonds. The van der Waals surface area contributed by atoms with Gasteiger partial charge >= 0.3 is 0 Å². The lowest BCUT2D eigenvalue weighted by atomic mass is 9.81. The zero-order chi connectivity index (χ0) is 14.9. The van der Waals surface area contributed by atoms with Crippen molar-refractivity contribution in [3.63, 3.8) is 0 Å². The average molecular weight is 278 g/mol. The minimum absolute atomic E-state index is 0.0513. The van der Waals surface area contributed by atoms with Crippen LogP contribution in [0, 0.1) is 11.2 Å². The monoisotopic (exact) mass is 278 g/mol. The van der Waals surface area contributed by atoms with Crippen LogP contribution in [0.15, 0.2) is 18.2 Å². The summed E-state index contributed by atoms with van der Waals surface area (Å²) in [4.78, 5) is 26.0. The summed E-state index contributed by atoms with van der Waals surface area (Å²) in [5.74, 6) is -1.01. The Bertz CT molecular complexity index is 553. The number of imide groups is 1. The SMILES string of the molecule is CCC1(CC)CC(=O)N(c2cccc(F)c2CN)C1=O. The van der Waals surface area contributed by atoms with Crippen LogP contribution < -0.4 is 10.6 Å². The molecule has 0 atom stereocenters. The van der Waals surface area contributed by atoms with Gasteiger partial charge < -0.3 is 5.73 Å². The first-order chi connectivity index (χ1) is 9.50. The summed E-state index contributed by atoms with van der Waals surface area (Å²) in [6.07, 6.45) is 1.37. The van der Waals surface area contributed by atoms with E-state index in [0.717, 1.165) is 4.90 Å². The minimum atomic E-state index is -0.657. The van der Waals surface area contributed by atoms with E-state index in [-0.39, 0.29) is 36.0 Å². The highest BCUT2D eigenvalue weighted by Crippen LogP contribution is 2.42. The lowest BCUT2D eigenvalue weighted by molar-refractivity contribution is -0.126. The topological polar surface area (TPSA) is 63.4 Å². The number of carbonyl (C=O) groups excluding carboxylic acids is 2.